The summed E-state index contributed by atoms with van der Waals surface area (Å²) in [5.74, 6) is 5.62. The van der Waals surface area contributed by atoms with Crippen molar-refractivity contribution in [1.29, 1.82) is 0 Å². The van der Waals surface area contributed by atoms with Gasteiger partial charge in [-0.2, -0.15) is 9.97 Å². The maximum absolute atomic E-state index is 12.6. The molecule has 9 heterocycles. The van der Waals surface area contributed by atoms with E-state index in [2.05, 4.69) is 50.8 Å². The van der Waals surface area contributed by atoms with E-state index in [0.29, 0.717) is 41.2 Å². The standard InChI is InChI=1S/C24H29N5O2S.C22H28N4O3S/c30-32-14-9-20-22(32)23(26-18-7-12-31-13-8-18)28-24(27-20)29-10-5-16(6-11-29)21-19-4-2-1-3-17(19)15-25-21;27-18-3-1-2-16(14-18)15-4-9-26(10-5-15)22-24-19-8-13-30(28)20(19)21(25-22)23-17-6-11-29-12-7-17/h1-4,16,18H,5-15H2,(H,26,27,28);1-3,14-15,17,27H,4-13H2,(H,23,24,25). The molecule has 16 heteroatoms. The molecule has 0 bridgehead atoms. The van der Waals surface area contributed by atoms with Gasteiger partial charge in [0.1, 0.15) is 27.2 Å². The minimum Gasteiger partial charge on any atom is -0.508 e. The van der Waals surface area contributed by atoms with Gasteiger partial charge in [0.25, 0.3) is 0 Å². The molecule has 11 rings (SSSR count). The first-order valence-corrected chi connectivity index (χ1v) is 25.3. The van der Waals surface area contributed by atoms with E-state index < -0.39 is 21.6 Å². The predicted octanol–water partition coefficient (Wildman–Crippen LogP) is 5.77. The number of aromatic hydroxyl groups is 1. The van der Waals surface area contributed by atoms with E-state index in [-0.39, 0.29) is 0 Å². The highest BCUT2D eigenvalue weighted by atomic mass is 32.2. The van der Waals surface area contributed by atoms with Crippen LogP contribution in [0.4, 0.5) is 23.5 Å². The van der Waals surface area contributed by atoms with Crippen LogP contribution >= 0.6 is 0 Å². The van der Waals surface area contributed by atoms with Crippen LogP contribution in [0.15, 0.2) is 63.3 Å². The quantitative estimate of drug-likeness (QED) is 0.195. The number of rotatable bonds is 8. The lowest BCUT2D eigenvalue weighted by Gasteiger charge is -2.33. The lowest BCUT2D eigenvalue weighted by molar-refractivity contribution is 0.0902. The number of phenolic OH excluding ortho intramolecular Hbond substituents is 1. The van der Waals surface area contributed by atoms with Gasteiger partial charge in [0.2, 0.25) is 11.9 Å². The summed E-state index contributed by atoms with van der Waals surface area (Å²) in [4.78, 5) is 30.5. The summed E-state index contributed by atoms with van der Waals surface area (Å²) >= 11 is 0. The van der Waals surface area contributed by atoms with Crippen LogP contribution in [0.3, 0.4) is 0 Å². The summed E-state index contributed by atoms with van der Waals surface area (Å²) in [5, 5.41) is 16.9. The van der Waals surface area contributed by atoms with Gasteiger partial charge in [-0.3, -0.25) is 13.4 Å². The van der Waals surface area contributed by atoms with Gasteiger partial charge in [-0.05, 0) is 80.5 Å². The van der Waals surface area contributed by atoms with E-state index in [4.69, 9.17) is 34.4 Å². The second kappa shape index (κ2) is 18.7. The molecule has 4 fully saturated rings. The number of hydrogen-bond donors (Lipinski definition) is 3. The number of aromatic nitrogens is 4. The molecule has 0 saturated carbocycles. The van der Waals surface area contributed by atoms with Gasteiger partial charge in [0.15, 0.2) is 0 Å². The molecular formula is C46H57N9O5S2. The van der Waals surface area contributed by atoms with Crippen LogP contribution in [-0.2, 0) is 50.5 Å². The Morgan fingerprint density at radius 2 is 1.16 bits per heavy atom. The van der Waals surface area contributed by atoms with Gasteiger partial charge < -0.3 is 35.0 Å². The number of aryl methyl sites for hydroxylation is 2. The molecule has 0 aliphatic carbocycles. The Morgan fingerprint density at radius 3 is 1.71 bits per heavy atom. The average Bonchev–Trinajstić information content (AvgIpc) is 4.04. The fourth-order valence-electron chi connectivity index (χ4n) is 9.97. The number of hydrogen-bond acceptors (Lipinski definition) is 14. The van der Waals surface area contributed by atoms with E-state index in [9.17, 15) is 13.5 Å². The molecular weight excluding hydrogens is 823 g/mol. The van der Waals surface area contributed by atoms with Crippen LogP contribution in [-0.4, -0.2) is 115 Å². The number of benzene rings is 2. The van der Waals surface area contributed by atoms with Gasteiger partial charge >= 0.3 is 0 Å². The van der Waals surface area contributed by atoms with E-state index in [1.807, 2.05) is 12.1 Å². The first-order chi connectivity index (χ1) is 30.4. The zero-order valence-corrected chi connectivity index (χ0v) is 36.9. The topological polar surface area (TPSA) is 167 Å². The third kappa shape index (κ3) is 8.97. The fourth-order valence-corrected chi connectivity index (χ4v) is 12.6. The van der Waals surface area contributed by atoms with E-state index in [1.54, 1.807) is 6.07 Å². The highest BCUT2D eigenvalue weighted by Gasteiger charge is 2.33. The van der Waals surface area contributed by atoms with Crippen molar-refractivity contribution in [3.8, 4) is 5.75 Å². The monoisotopic (exact) mass is 879 g/mol. The normalized spacial score (nSPS) is 23.3. The summed E-state index contributed by atoms with van der Waals surface area (Å²) < 4.78 is 36.2. The number of anilines is 4. The second-order valence-electron chi connectivity index (χ2n) is 17.4. The Morgan fingerprint density at radius 1 is 0.629 bits per heavy atom. The lowest BCUT2D eigenvalue weighted by Crippen LogP contribution is -2.38. The van der Waals surface area contributed by atoms with Crippen LogP contribution in [0.1, 0.15) is 85.4 Å². The van der Waals surface area contributed by atoms with Crippen LogP contribution in [0.2, 0.25) is 0 Å². The first kappa shape index (κ1) is 41.5. The number of ether oxygens (including phenoxy) is 2. The van der Waals surface area contributed by atoms with Crippen molar-refractivity contribution in [2.75, 3.05) is 84.5 Å². The summed E-state index contributed by atoms with van der Waals surface area (Å²) in [6.45, 7) is 7.44. The molecule has 2 atom stereocenters. The van der Waals surface area contributed by atoms with Crippen LogP contribution in [0.5, 0.6) is 5.75 Å². The molecule has 4 saturated heterocycles. The third-order valence-electron chi connectivity index (χ3n) is 13.5. The van der Waals surface area contributed by atoms with Crippen molar-refractivity contribution in [2.45, 2.75) is 98.5 Å². The summed E-state index contributed by atoms with van der Waals surface area (Å²) in [5.41, 5.74) is 7.06. The first-order valence-electron chi connectivity index (χ1n) is 22.6. The summed E-state index contributed by atoms with van der Waals surface area (Å²) in [6, 6.07) is 16.8. The number of phenols is 1. The molecule has 2 aromatic heterocycles. The van der Waals surface area contributed by atoms with Gasteiger partial charge in [-0.15, -0.1) is 0 Å². The Kier molecular flexibility index (Phi) is 12.5. The zero-order valence-electron chi connectivity index (χ0n) is 35.3. The number of aliphatic imine (C=N–C) groups is 1. The highest BCUT2D eigenvalue weighted by molar-refractivity contribution is 7.85. The number of fused-ring (bicyclic) bond motifs is 3. The zero-order chi connectivity index (χ0) is 42.0. The minimum absolute atomic E-state index is 0.305. The average molecular weight is 880 g/mol. The van der Waals surface area contributed by atoms with Gasteiger partial charge in [-0.1, -0.05) is 36.4 Å². The van der Waals surface area contributed by atoms with Crippen molar-refractivity contribution < 1.29 is 23.0 Å². The highest BCUT2D eigenvalue weighted by Crippen LogP contribution is 2.36. The maximum Gasteiger partial charge on any atom is 0.227 e. The minimum atomic E-state index is -1.02. The summed E-state index contributed by atoms with van der Waals surface area (Å²) in [7, 11) is -2.03. The lowest BCUT2D eigenvalue weighted by atomic mass is 9.88. The van der Waals surface area contributed by atoms with E-state index >= 15 is 0 Å². The molecule has 2 aromatic carbocycles. The van der Waals surface area contributed by atoms with Gasteiger partial charge in [-0.25, -0.2) is 9.97 Å². The maximum atomic E-state index is 12.6. The van der Waals surface area contributed by atoms with Crippen molar-refractivity contribution >= 4 is 50.8 Å². The van der Waals surface area contributed by atoms with Crippen molar-refractivity contribution in [2.24, 2.45) is 10.9 Å². The molecule has 7 aliphatic heterocycles. The number of nitrogens with zero attached hydrogens (tertiary/aromatic N) is 7. The molecule has 3 N–H and O–H groups in total. The molecule has 14 nitrogen and oxygen atoms in total. The molecule has 0 amide bonds. The molecule has 4 aromatic rings. The van der Waals surface area contributed by atoms with E-state index in [0.717, 1.165) is 168 Å². The molecule has 62 heavy (non-hydrogen) atoms. The largest absolute Gasteiger partial charge is 0.508 e. The molecule has 0 spiro atoms. The van der Waals surface area contributed by atoms with Gasteiger partial charge in [0, 0.05) is 106 Å². The van der Waals surface area contributed by atoms with Crippen LogP contribution in [0.25, 0.3) is 0 Å². The Labute approximate surface area is 368 Å². The molecule has 2 unspecified atom stereocenters. The van der Waals surface area contributed by atoms with E-state index in [1.165, 1.54) is 22.4 Å². The van der Waals surface area contributed by atoms with Crippen LogP contribution in [0, 0.1) is 5.92 Å². The Bertz CT molecular complexity index is 2340. The number of piperidine rings is 2. The van der Waals surface area contributed by atoms with Crippen molar-refractivity contribution in [1.82, 2.24) is 19.9 Å². The van der Waals surface area contributed by atoms with Crippen LogP contribution < -0.4 is 20.4 Å². The Balaban J connectivity index is 0.000000148. The third-order valence-corrected chi connectivity index (χ3v) is 16.4. The summed E-state index contributed by atoms with van der Waals surface area (Å²) in [6.07, 6.45) is 9.42. The molecule has 328 valence electrons. The SMILES string of the molecule is O=S1CCc2nc(N3CCC(C4=NCc5ccccc54)CC3)nc(NC3CCOCC3)c21.O=S1CCc2nc(N3CCC(c4cccc(O)c4)CC3)nc(NC3CCOCC3)c21. The molecule has 7 aliphatic rings. The predicted molar refractivity (Wildman–Crippen MR) is 243 cm³/mol. The van der Waals surface area contributed by atoms with Gasteiger partial charge in [0.05, 0.1) is 39.5 Å². The smallest absolute Gasteiger partial charge is 0.227 e. The van der Waals surface area contributed by atoms with Crippen molar-refractivity contribution in [3.63, 3.8) is 0 Å². The van der Waals surface area contributed by atoms with Crippen molar-refractivity contribution in [3.05, 3.63) is 76.6 Å². The fraction of sp³-hybridized carbons (Fsp3) is 0.543. The Hall–Kier alpha value is -4.51. The molecule has 0 radical (unpaired) electrons. The second-order valence-corrected chi connectivity index (χ2v) is 20.4. The number of nitrogens with one attached hydrogen (secondary N) is 2.